The summed E-state index contributed by atoms with van der Waals surface area (Å²) in [5, 5.41) is 0. The summed E-state index contributed by atoms with van der Waals surface area (Å²) >= 11 is 1.38. The second kappa shape index (κ2) is 8.42. The van der Waals surface area contributed by atoms with Gasteiger partial charge in [0.1, 0.15) is 33.2 Å². The van der Waals surface area contributed by atoms with E-state index >= 15 is 0 Å². The zero-order chi connectivity index (χ0) is 21.1. The molecule has 30 heavy (non-hydrogen) atoms. The second-order valence-corrected chi connectivity index (χ2v) is 7.43. The molecule has 0 aliphatic carbocycles. The van der Waals surface area contributed by atoms with Gasteiger partial charge in [-0.25, -0.2) is 0 Å². The molecule has 0 unspecified atom stereocenters. The van der Waals surface area contributed by atoms with Crippen LogP contribution in [0.15, 0.2) is 71.7 Å². The minimum atomic E-state index is -0.332. The lowest BCUT2D eigenvalue weighted by Crippen LogP contribution is -2.13. The van der Waals surface area contributed by atoms with Crippen LogP contribution in [0.25, 0.3) is 10.2 Å². The molecule has 0 aliphatic rings. The topological polar surface area (TPSA) is 62.1 Å². The monoisotopic (exact) mass is 420 g/mol. The number of amides is 1. The van der Waals surface area contributed by atoms with Crippen molar-refractivity contribution >= 4 is 27.5 Å². The van der Waals surface area contributed by atoms with Crippen molar-refractivity contribution in [1.29, 1.82) is 0 Å². The molecule has 6 nitrogen and oxygen atoms in total. The van der Waals surface area contributed by atoms with Gasteiger partial charge in [0.15, 0.2) is 4.80 Å². The van der Waals surface area contributed by atoms with Crippen molar-refractivity contribution in [3.05, 3.63) is 77.1 Å². The summed E-state index contributed by atoms with van der Waals surface area (Å²) in [7, 11) is 5.08. The van der Waals surface area contributed by atoms with E-state index in [0.717, 1.165) is 16.0 Å². The van der Waals surface area contributed by atoms with Gasteiger partial charge in [0.2, 0.25) is 0 Å². The molecule has 0 fully saturated rings. The maximum absolute atomic E-state index is 12.7. The highest BCUT2D eigenvalue weighted by Gasteiger charge is 2.15. The molecule has 0 radical (unpaired) electrons. The summed E-state index contributed by atoms with van der Waals surface area (Å²) in [6.07, 6.45) is 0. The number of nitrogens with zero attached hydrogens (tertiary/aromatic N) is 2. The third kappa shape index (κ3) is 3.79. The van der Waals surface area contributed by atoms with Gasteiger partial charge in [-0.15, -0.1) is 0 Å². The van der Waals surface area contributed by atoms with Crippen LogP contribution in [-0.4, -0.2) is 24.7 Å². The zero-order valence-corrected chi connectivity index (χ0v) is 17.6. The van der Waals surface area contributed by atoms with Crippen LogP contribution in [0, 0.1) is 0 Å². The predicted octanol–water partition coefficient (Wildman–Crippen LogP) is 4.79. The molecule has 7 heteroatoms. The van der Waals surface area contributed by atoms with E-state index in [4.69, 9.17) is 14.2 Å². The minimum absolute atomic E-state index is 0.332. The molecule has 0 saturated carbocycles. The van der Waals surface area contributed by atoms with Crippen molar-refractivity contribution in [2.75, 3.05) is 14.2 Å². The molecule has 0 atom stereocenters. The van der Waals surface area contributed by atoms with E-state index in [1.165, 1.54) is 11.3 Å². The standard InChI is InChI=1S/C23H20N2O4S/c1-25-20-18(27-2)13-14-19(28-3)21(20)30-23(25)24-22(26)15-9-11-17(12-10-15)29-16-7-5-4-6-8-16/h4-14H,1-3H3. The van der Waals surface area contributed by atoms with Crippen molar-refractivity contribution in [1.82, 2.24) is 4.57 Å². The first-order valence-electron chi connectivity index (χ1n) is 9.23. The van der Waals surface area contributed by atoms with Crippen molar-refractivity contribution < 1.29 is 19.0 Å². The molecule has 1 heterocycles. The Kier molecular flexibility index (Phi) is 5.54. The fraction of sp³-hybridized carbons (Fsp3) is 0.130. The molecular weight excluding hydrogens is 400 g/mol. The Balaban J connectivity index is 1.66. The largest absolute Gasteiger partial charge is 0.495 e. The average Bonchev–Trinajstić information content (AvgIpc) is 3.10. The summed E-state index contributed by atoms with van der Waals surface area (Å²) in [4.78, 5) is 17.6. The number of aryl methyl sites for hydroxylation is 1. The van der Waals surface area contributed by atoms with Crippen LogP contribution < -0.4 is 19.0 Å². The summed E-state index contributed by atoms with van der Waals surface area (Å²) in [5.41, 5.74) is 1.31. The van der Waals surface area contributed by atoms with Gasteiger partial charge in [0.05, 0.1) is 14.2 Å². The third-order valence-electron chi connectivity index (χ3n) is 4.59. The average molecular weight is 420 g/mol. The van der Waals surface area contributed by atoms with Crippen LogP contribution in [0.3, 0.4) is 0 Å². The first-order chi connectivity index (χ1) is 14.6. The highest BCUT2D eigenvalue weighted by molar-refractivity contribution is 7.16. The Morgan fingerprint density at radius 3 is 2.17 bits per heavy atom. The SMILES string of the molecule is COc1ccc(OC)c2c1sc(=NC(=O)c1ccc(Oc3ccccc3)cc1)n2C. The number of fused-ring (bicyclic) bond motifs is 1. The highest BCUT2D eigenvalue weighted by atomic mass is 32.1. The quantitative estimate of drug-likeness (QED) is 0.466. The van der Waals surface area contributed by atoms with Gasteiger partial charge in [-0.3, -0.25) is 4.79 Å². The summed E-state index contributed by atoms with van der Waals surface area (Å²) < 4.78 is 19.4. The van der Waals surface area contributed by atoms with Crippen molar-refractivity contribution in [3.63, 3.8) is 0 Å². The summed E-state index contributed by atoms with van der Waals surface area (Å²) in [6.45, 7) is 0. The molecular formula is C23H20N2O4S. The van der Waals surface area contributed by atoms with Crippen LogP contribution in [0.2, 0.25) is 0 Å². The number of thiazole rings is 1. The fourth-order valence-corrected chi connectivity index (χ4v) is 4.20. The van der Waals surface area contributed by atoms with Crippen LogP contribution in [0.1, 0.15) is 10.4 Å². The lowest BCUT2D eigenvalue weighted by molar-refractivity contribution is 0.0998. The Morgan fingerprint density at radius 1 is 0.867 bits per heavy atom. The number of carbonyl (C=O) groups excluding carboxylic acids is 1. The van der Waals surface area contributed by atoms with Crippen molar-refractivity contribution in [3.8, 4) is 23.0 Å². The van der Waals surface area contributed by atoms with Gasteiger partial charge in [0, 0.05) is 12.6 Å². The number of para-hydroxylation sites is 1. The molecule has 0 spiro atoms. The third-order valence-corrected chi connectivity index (χ3v) is 5.74. The molecule has 1 aromatic heterocycles. The van der Waals surface area contributed by atoms with Crippen LogP contribution in [0.5, 0.6) is 23.0 Å². The molecule has 3 aromatic carbocycles. The molecule has 0 saturated heterocycles. The first kappa shape index (κ1) is 19.7. The van der Waals surface area contributed by atoms with Crippen LogP contribution >= 0.6 is 11.3 Å². The molecule has 1 amide bonds. The molecule has 0 N–H and O–H groups in total. The van der Waals surface area contributed by atoms with E-state index in [-0.39, 0.29) is 5.91 Å². The lowest BCUT2D eigenvalue weighted by atomic mass is 10.2. The van der Waals surface area contributed by atoms with E-state index < -0.39 is 0 Å². The minimum Gasteiger partial charge on any atom is -0.495 e. The maximum Gasteiger partial charge on any atom is 0.279 e. The Bertz CT molecular complexity index is 1260. The number of carbonyl (C=O) groups is 1. The number of aromatic nitrogens is 1. The first-order valence-corrected chi connectivity index (χ1v) is 10.0. The van der Waals surface area contributed by atoms with Crippen molar-refractivity contribution in [2.24, 2.45) is 12.0 Å². The van der Waals surface area contributed by atoms with Gasteiger partial charge in [0.25, 0.3) is 5.91 Å². The normalized spacial score (nSPS) is 11.5. The molecule has 152 valence electrons. The van der Waals surface area contributed by atoms with Crippen LogP contribution in [0.4, 0.5) is 0 Å². The van der Waals surface area contributed by atoms with Gasteiger partial charge in [-0.05, 0) is 48.5 Å². The number of benzene rings is 3. The number of rotatable bonds is 5. The van der Waals surface area contributed by atoms with E-state index in [2.05, 4.69) is 4.99 Å². The molecule has 0 bridgehead atoms. The fourth-order valence-electron chi connectivity index (χ4n) is 3.07. The summed E-state index contributed by atoms with van der Waals surface area (Å²) in [6, 6.07) is 20.1. The van der Waals surface area contributed by atoms with E-state index in [0.29, 0.717) is 27.6 Å². The smallest absolute Gasteiger partial charge is 0.279 e. The zero-order valence-electron chi connectivity index (χ0n) is 16.8. The summed E-state index contributed by atoms with van der Waals surface area (Å²) in [5.74, 6) is 2.46. The number of hydrogen-bond acceptors (Lipinski definition) is 5. The molecule has 4 rings (SSSR count). The van der Waals surface area contributed by atoms with Gasteiger partial charge >= 0.3 is 0 Å². The number of ether oxygens (including phenoxy) is 3. The van der Waals surface area contributed by atoms with E-state index in [1.54, 1.807) is 38.5 Å². The number of hydrogen-bond donors (Lipinski definition) is 0. The van der Waals surface area contributed by atoms with Gasteiger partial charge < -0.3 is 18.8 Å². The van der Waals surface area contributed by atoms with E-state index in [1.807, 2.05) is 54.1 Å². The molecule has 4 aromatic rings. The van der Waals surface area contributed by atoms with Gasteiger partial charge in [-0.2, -0.15) is 4.99 Å². The Hall–Kier alpha value is -3.58. The van der Waals surface area contributed by atoms with E-state index in [9.17, 15) is 4.79 Å². The Labute approximate surface area is 177 Å². The van der Waals surface area contributed by atoms with Crippen LogP contribution in [-0.2, 0) is 7.05 Å². The second-order valence-electron chi connectivity index (χ2n) is 6.45. The van der Waals surface area contributed by atoms with Crippen molar-refractivity contribution in [2.45, 2.75) is 0 Å². The highest BCUT2D eigenvalue weighted by Crippen LogP contribution is 2.34. The Morgan fingerprint density at radius 2 is 1.50 bits per heavy atom. The lowest BCUT2D eigenvalue weighted by Gasteiger charge is -2.06. The number of methoxy groups -OCH3 is 2. The maximum atomic E-state index is 12.7. The van der Waals surface area contributed by atoms with Gasteiger partial charge in [-0.1, -0.05) is 29.5 Å². The molecule has 0 aliphatic heterocycles. The predicted molar refractivity (Wildman–Crippen MR) is 117 cm³/mol.